The molecule has 0 aromatic carbocycles. The van der Waals surface area contributed by atoms with E-state index in [0.717, 1.165) is 35.5 Å². The summed E-state index contributed by atoms with van der Waals surface area (Å²) in [6.07, 6.45) is 13.3. The fraction of sp³-hybridized carbons (Fsp3) is 0.913. The van der Waals surface area contributed by atoms with Gasteiger partial charge >= 0.3 is 12.3 Å². The average Bonchev–Trinajstić information content (AvgIpc) is 4.05. The topological polar surface area (TPSA) is 89.5 Å². The van der Waals surface area contributed by atoms with Gasteiger partial charge in [-0.3, -0.25) is 0 Å². The Labute approximate surface area is 335 Å². The van der Waals surface area contributed by atoms with Gasteiger partial charge in [0.2, 0.25) is 0 Å². The van der Waals surface area contributed by atoms with E-state index in [0.29, 0.717) is 43.2 Å². The van der Waals surface area contributed by atoms with Gasteiger partial charge in [0, 0.05) is 23.7 Å². The molecular weight excluding hydrogens is 680 g/mol. The number of ether oxygens (including phenoxy) is 6. The van der Waals surface area contributed by atoms with Gasteiger partial charge in [-0.1, -0.05) is 144 Å². The molecule has 6 saturated carbocycles. The Morgan fingerprint density at radius 3 is 1.04 bits per heavy atom. The Morgan fingerprint density at radius 1 is 0.444 bits per heavy atom. The van der Waals surface area contributed by atoms with Crippen LogP contribution >= 0.6 is 0 Å². The Balaban J connectivity index is -0.000000605. The number of hydrogen-bond donors (Lipinski definition) is 0. The minimum Gasteiger partial charge on any atom is -0.458 e. The predicted octanol–water partition coefficient (Wildman–Crippen LogP) is 14.4. The molecule has 54 heavy (non-hydrogen) atoms. The molecule has 0 spiro atoms. The lowest BCUT2D eigenvalue weighted by Crippen LogP contribution is -2.42. The van der Waals surface area contributed by atoms with Gasteiger partial charge in [0.25, 0.3) is 5.95 Å². The van der Waals surface area contributed by atoms with Crippen LogP contribution < -0.4 is 0 Å². The molecule has 3 aliphatic heterocycles. The van der Waals surface area contributed by atoms with Gasteiger partial charge < -0.3 is 28.4 Å². The standard InChI is InChI=1S/C14H18O2.C8H10O3.C3H4O3.3C3H8.6C2H6/c1-6-15-13-9-5-10(14(13)16-6)12-8-3-2-7(4-8)11(9)12;9-8-10-6-4-1-2-5(3-4)7(6)11-8;4-3-5-1-2-6-3;3*1-3-2;6*1-2/h7-14H,1-5H2;4-7H,1-3H2;1-2H2;3*3H2,1-2H3;6*1-2H3. The lowest BCUT2D eigenvalue weighted by molar-refractivity contribution is 0.00878. The SMILES string of the molecule is C=C1OC2C3CC(C2O1)C1C2CCC(C2)C31.CC.CC.CC.CC.CC.CC.CCC.CCC.CCC.O=C1OC2C3CCC(C3)C2O1.O=C1OCCO1. The summed E-state index contributed by atoms with van der Waals surface area (Å²) in [6.45, 7) is 41.4. The third-order valence-corrected chi connectivity index (χ3v) is 10.0. The van der Waals surface area contributed by atoms with Crippen LogP contribution in [0.4, 0.5) is 9.59 Å². The lowest BCUT2D eigenvalue weighted by atomic mass is 9.69. The molecule has 6 aliphatic carbocycles. The molecule has 0 N–H and O–H groups in total. The summed E-state index contributed by atoms with van der Waals surface area (Å²) >= 11 is 0. The number of cyclic esters (lactones) is 2. The summed E-state index contributed by atoms with van der Waals surface area (Å²) in [6, 6.07) is 0. The summed E-state index contributed by atoms with van der Waals surface area (Å²) in [5, 5.41) is 0. The molecular formula is C46H92O8. The van der Waals surface area contributed by atoms with Crippen molar-refractivity contribution >= 4 is 12.3 Å². The summed E-state index contributed by atoms with van der Waals surface area (Å²) in [5.41, 5.74) is 0. The molecule has 12 atom stereocenters. The van der Waals surface area contributed by atoms with Crippen molar-refractivity contribution in [1.82, 2.24) is 0 Å². The third-order valence-electron chi connectivity index (χ3n) is 10.0. The molecule has 8 nitrogen and oxygen atoms in total. The van der Waals surface area contributed by atoms with Gasteiger partial charge in [-0.15, -0.1) is 0 Å². The molecule has 9 aliphatic rings. The molecule has 8 heteroatoms. The molecule has 12 unspecified atom stereocenters. The first-order valence-electron chi connectivity index (χ1n) is 23.0. The molecule has 0 radical (unpaired) electrons. The van der Waals surface area contributed by atoms with E-state index in [2.05, 4.69) is 57.6 Å². The molecule has 6 bridgehead atoms. The van der Waals surface area contributed by atoms with Crippen LogP contribution in [0.15, 0.2) is 12.5 Å². The zero-order chi connectivity index (χ0) is 42.4. The van der Waals surface area contributed by atoms with E-state index < -0.39 is 12.3 Å². The highest BCUT2D eigenvalue weighted by atomic mass is 16.8. The van der Waals surface area contributed by atoms with E-state index in [1.165, 1.54) is 64.2 Å². The monoisotopic (exact) mass is 773 g/mol. The van der Waals surface area contributed by atoms with Crippen molar-refractivity contribution < 1.29 is 38.0 Å². The molecule has 3 heterocycles. The quantitative estimate of drug-likeness (QED) is 0.178. The fourth-order valence-corrected chi connectivity index (χ4v) is 9.17. The first-order chi connectivity index (χ1) is 26.3. The van der Waals surface area contributed by atoms with Crippen LogP contribution in [-0.2, 0) is 28.4 Å². The maximum atomic E-state index is 10.7. The summed E-state index contributed by atoms with van der Waals surface area (Å²) < 4.78 is 30.3. The van der Waals surface area contributed by atoms with Crippen molar-refractivity contribution in [3.63, 3.8) is 0 Å². The van der Waals surface area contributed by atoms with Gasteiger partial charge in [-0.2, -0.15) is 0 Å². The van der Waals surface area contributed by atoms with Gasteiger partial charge in [-0.25, -0.2) is 9.59 Å². The van der Waals surface area contributed by atoms with Crippen LogP contribution in [0, 0.1) is 47.3 Å². The van der Waals surface area contributed by atoms with Crippen molar-refractivity contribution in [2.75, 3.05) is 13.2 Å². The highest BCUT2D eigenvalue weighted by Gasteiger charge is 2.69. The number of fused-ring (bicyclic) bond motifs is 17. The Hall–Kier alpha value is -2.12. The van der Waals surface area contributed by atoms with E-state index in [4.69, 9.17) is 18.9 Å². The van der Waals surface area contributed by atoms with E-state index in [-0.39, 0.29) is 12.2 Å². The Morgan fingerprint density at radius 2 is 0.741 bits per heavy atom. The van der Waals surface area contributed by atoms with Crippen LogP contribution in [-0.4, -0.2) is 49.9 Å². The first kappa shape index (κ1) is 56.2. The van der Waals surface area contributed by atoms with Crippen molar-refractivity contribution in [2.24, 2.45) is 47.3 Å². The van der Waals surface area contributed by atoms with Crippen LogP contribution in [0.5, 0.6) is 0 Å². The smallest absolute Gasteiger partial charge is 0.458 e. The summed E-state index contributed by atoms with van der Waals surface area (Å²) in [5.74, 6) is 7.44. The van der Waals surface area contributed by atoms with E-state index in [1.807, 2.05) is 83.1 Å². The zero-order valence-electron chi connectivity index (χ0n) is 38.9. The van der Waals surface area contributed by atoms with E-state index in [1.54, 1.807) is 0 Å². The van der Waals surface area contributed by atoms with Crippen molar-refractivity contribution in [2.45, 2.75) is 213 Å². The molecule has 9 rings (SSSR count). The predicted molar refractivity (Wildman–Crippen MR) is 228 cm³/mol. The zero-order valence-corrected chi connectivity index (χ0v) is 38.9. The first-order valence-corrected chi connectivity index (χ1v) is 23.0. The minimum absolute atomic E-state index is 0.112. The van der Waals surface area contributed by atoms with Crippen molar-refractivity contribution in [3.05, 3.63) is 12.5 Å². The van der Waals surface area contributed by atoms with Gasteiger partial charge in [0.05, 0.1) is 0 Å². The van der Waals surface area contributed by atoms with Crippen molar-refractivity contribution in [3.8, 4) is 0 Å². The fourth-order valence-electron chi connectivity index (χ4n) is 9.17. The van der Waals surface area contributed by atoms with Gasteiger partial charge in [0.15, 0.2) is 0 Å². The average molecular weight is 773 g/mol. The second-order valence-corrected chi connectivity index (χ2v) is 13.4. The molecule has 3 saturated heterocycles. The third kappa shape index (κ3) is 15.8. The molecule has 0 amide bonds. The summed E-state index contributed by atoms with van der Waals surface area (Å²) in [4.78, 5) is 20.5. The second kappa shape index (κ2) is 34.2. The van der Waals surface area contributed by atoms with Crippen LogP contribution in [0.25, 0.3) is 0 Å². The normalized spacial score (nSPS) is 33.6. The largest absolute Gasteiger partial charge is 0.509 e. The minimum atomic E-state index is -0.546. The second-order valence-electron chi connectivity index (χ2n) is 13.4. The molecule has 0 aromatic heterocycles. The lowest BCUT2D eigenvalue weighted by Gasteiger charge is -2.38. The Kier molecular flexibility index (Phi) is 35.6. The van der Waals surface area contributed by atoms with Gasteiger partial charge in [-0.05, 0) is 75.2 Å². The maximum Gasteiger partial charge on any atom is 0.509 e. The van der Waals surface area contributed by atoms with Crippen LogP contribution in [0.1, 0.15) is 189 Å². The highest BCUT2D eigenvalue weighted by Crippen LogP contribution is 2.69. The molecule has 9 fully saturated rings. The molecule has 0 aromatic rings. The molecule has 324 valence electrons. The number of rotatable bonds is 0. The summed E-state index contributed by atoms with van der Waals surface area (Å²) in [7, 11) is 0. The van der Waals surface area contributed by atoms with E-state index in [9.17, 15) is 9.59 Å². The van der Waals surface area contributed by atoms with Crippen LogP contribution in [0.3, 0.4) is 0 Å². The van der Waals surface area contributed by atoms with Gasteiger partial charge in [0.1, 0.15) is 37.6 Å². The maximum absolute atomic E-state index is 10.7. The number of carbonyl (C=O) groups excluding carboxylic acids is 2. The number of carbonyl (C=O) groups is 2. The highest BCUT2D eigenvalue weighted by molar-refractivity contribution is 5.63. The number of hydrogen-bond acceptors (Lipinski definition) is 8. The Bertz CT molecular complexity index is 844. The van der Waals surface area contributed by atoms with Crippen LogP contribution in [0.2, 0.25) is 0 Å². The van der Waals surface area contributed by atoms with E-state index >= 15 is 0 Å². The van der Waals surface area contributed by atoms with Crippen molar-refractivity contribution in [1.29, 1.82) is 0 Å².